The fourth-order valence-electron chi connectivity index (χ4n) is 2.25. The zero-order valence-corrected chi connectivity index (χ0v) is 14.7. The molecule has 0 unspecified atom stereocenters. The van der Waals surface area contributed by atoms with E-state index in [0.29, 0.717) is 21.2 Å². The molecule has 3 aromatic heterocycles. The largest absolute Gasteiger partial charge is 0.455 e. The summed E-state index contributed by atoms with van der Waals surface area (Å²) in [5, 5.41) is 4.68. The number of carbonyl (C=O) groups excluding carboxylic acids is 1. The van der Waals surface area contributed by atoms with Crippen LogP contribution in [0.15, 0.2) is 16.9 Å². The number of halogens is 1. The van der Waals surface area contributed by atoms with Crippen LogP contribution in [0, 0.1) is 20.8 Å². The van der Waals surface area contributed by atoms with Gasteiger partial charge in [0.1, 0.15) is 11.8 Å². The van der Waals surface area contributed by atoms with Gasteiger partial charge in [-0.15, -0.1) is 0 Å². The fourth-order valence-corrected chi connectivity index (χ4v) is 3.47. The Hall–Kier alpha value is -2.32. The van der Waals surface area contributed by atoms with Crippen LogP contribution in [-0.4, -0.2) is 25.6 Å². The van der Waals surface area contributed by atoms with E-state index in [2.05, 4.69) is 15.1 Å². The van der Waals surface area contributed by atoms with Crippen molar-refractivity contribution in [3.63, 3.8) is 0 Å². The Morgan fingerprint density at radius 3 is 2.67 bits per heavy atom. The van der Waals surface area contributed by atoms with E-state index >= 15 is 0 Å². The summed E-state index contributed by atoms with van der Waals surface area (Å²) in [7, 11) is 0. The summed E-state index contributed by atoms with van der Waals surface area (Å²) < 4.78 is 6.44. The summed E-state index contributed by atoms with van der Waals surface area (Å²) >= 11 is 7.22. The van der Waals surface area contributed by atoms with Gasteiger partial charge in [0.2, 0.25) is 4.96 Å². The molecule has 0 aliphatic heterocycles. The maximum atomic E-state index is 12.3. The lowest BCUT2D eigenvalue weighted by Gasteiger charge is -2.08. The average Bonchev–Trinajstić information content (AvgIpc) is 2.87. The van der Waals surface area contributed by atoms with Crippen LogP contribution < -0.4 is 5.56 Å². The number of carbonyl (C=O) groups is 1. The number of aromatic nitrogens is 4. The van der Waals surface area contributed by atoms with Gasteiger partial charge in [-0.25, -0.2) is 14.8 Å². The van der Waals surface area contributed by atoms with Crippen molar-refractivity contribution < 1.29 is 9.53 Å². The molecule has 0 bridgehead atoms. The van der Waals surface area contributed by atoms with Gasteiger partial charge in [0.25, 0.3) is 5.56 Å². The number of pyridine rings is 1. The van der Waals surface area contributed by atoms with Gasteiger partial charge in [-0.05, 0) is 32.4 Å². The lowest BCUT2D eigenvalue weighted by Crippen LogP contribution is -2.14. The van der Waals surface area contributed by atoms with Crippen molar-refractivity contribution in [2.75, 3.05) is 0 Å². The molecule has 3 heterocycles. The second kappa shape index (κ2) is 6.29. The molecule has 24 heavy (non-hydrogen) atoms. The van der Waals surface area contributed by atoms with E-state index in [0.717, 1.165) is 5.69 Å². The van der Waals surface area contributed by atoms with Gasteiger partial charge in [0, 0.05) is 17.5 Å². The monoisotopic (exact) mass is 364 g/mol. The van der Waals surface area contributed by atoms with E-state index in [4.69, 9.17) is 16.3 Å². The normalized spacial score (nSPS) is 11.0. The highest BCUT2D eigenvalue weighted by atomic mass is 35.5. The minimum Gasteiger partial charge on any atom is -0.455 e. The Kier molecular flexibility index (Phi) is 4.33. The van der Waals surface area contributed by atoms with Crippen LogP contribution in [-0.2, 0) is 11.3 Å². The first-order valence-corrected chi connectivity index (χ1v) is 8.22. The average molecular weight is 365 g/mol. The van der Waals surface area contributed by atoms with Crippen molar-refractivity contribution in [3.05, 3.63) is 55.2 Å². The Labute approximate surface area is 145 Å². The molecule has 0 aromatic carbocycles. The smallest absolute Gasteiger partial charge is 0.341 e. The molecule has 0 aliphatic carbocycles. The molecule has 9 heteroatoms. The Morgan fingerprint density at radius 2 is 1.96 bits per heavy atom. The van der Waals surface area contributed by atoms with Crippen molar-refractivity contribution in [1.29, 1.82) is 0 Å². The minimum atomic E-state index is -0.583. The highest BCUT2D eigenvalue weighted by Crippen LogP contribution is 2.21. The number of esters is 1. The molecular weight excluding hydrogens is 352 g/mol. The minimum absolute atomic E-state index is 0.0744. The first-order valence-electron chi connectivity index (χ1n) is 7.02. The SMILES string of the molecule is Cc1cc(C)c(C(=O)OCc2nn3c(=O)cc(C)nc3s2)c(Cl)n1. The molecule has 0 N–H and O–H groups in total. The maximum Gasteiger partial charge on any atom is 0.341 e. The lowest BCUT2D eigenvalue weighted by atomic mass is 10.1. The Balaban J connectivity index is 1.82. The molecule has 3 aromatic rings. The lowest BCUT2D eigenvalue weighted by molar-refractivity contribution is 0.0470. The van der Waals surface area contributed by atoms with Gasteiger partial charge < -0.3 is 4.74 Å². The molecule has 0 fully saturated rings. The number of hydrogen-bond donors (Lipinski definition) is 0. The Morgan fingerprint density at radius 1 is 1.25 bits per heavy atom. The summed E-state index contributed by atoms with van der Waals surface area (Å²) in [5.41, 5.74) is 1.99. The van der Waals surface area contributed by atoms with Gasteiger partial charge in [-0.2, -0.15) is 9.61 Å². The summed E-state index contributed by atoms with van der Waals surface area (Å²) in [6.45, 7) is 5.22. The zero-order chi connectivity index (χ0) is 17.4. The maximum absolute atomic E-state index is 12.3. The van der Waals surface area contributed by atoms with Crippen molar-refractivity contribution in [1.82, 2.24) is 19.6 Å². The zero-order valence-electron chi connectivity index (χ0n) is 13.2. The fraction of sp³-hybridized carbons (Fsp3) is 0.267. The van der Waals surface area contributed by atoms with Crippen molar-refractivity contribution in [3.8, 4) is 0 Å². The second-order valence-corrected chi connectivity index (χ2v) is 6.65. The van der Waals surface area contributed by atoms with Crippen LogP contribution in [0.3, 0.4) is 0 Å². The van der Waals surface area contributed by atoms with E-state index in [-0.39, 0.29) is 22.9 Å². The number of nitrogens with zero attached hydrogens (tertiary/aromatic N) is 4. The highest BCUT2D eigenvalue weighted by Gasteiger charge is 2.18. The van der Waals surface area contributed by atoms with E-state index in [1.54, 1.807) is 26.8 Å². The molecule has 124 valence electrons. The summed E-state index contributed by atoms with van der Waals surface area (Å²) in [5.74, 6) is -0.583. The molecule has 0 radical (unpaired) electrons. The van der Waals surface area contributed by atoms with Gasteiger partial charge in [-0.1, -0.05) is 22.9 Å². The van der Waals surface area contributed by atoms with Crippen LogP contribution in [0.2, 0.25) is 5.15 Å². The number of rotatable bonds is 3. The van der Waals surface area contributed by atoms with Crippen molar-refractivity contribution >= 4 is 33.9 Å². The van der Waals surface area contributed by atoms with E-state index in [1.807, 2.05) is 0 Å². The quantitative estimate of drug-likeness (QED) is 0.524. The topological polar surface area (TPSA) is 86.5 Å². The Bertz CT molecular complexity index is 989. The predicted octanol–water partition coefficient (Wildman–Crippen LogP) is 2.48. The van der Waals surface area contributed by atoms with Gasteiger partial charge in [0.15, 0.2) is 5.01 Å². The van der Waals surface area contributed by atoms with Gasteiger partial charge in [-0.3, -0.25) is 4.79 Å². The van der Waals surface area contributed by atoms with Gasteiger partial charge >= 0.3 is 5.97 Å². The molecule has 0 spiro atoms. The van der Waals surface area contributed by atoms with Crippen LogP contribution in [0.5, 0.6) is 0 Å². The van der Waals surface area contributed by atoms with Gasteiger partial charge in [0.05, 0.1) is 5.56 Å². The molecule has 7 nitrogen and oxygen atoms in total. The first-order chi connectivity index (χ1) is 11.3. The van der Waals surface area contributed by atoms with Crippen LogP contribution in [0.25, 0.3) is 4.96 Å². The summed E-state index contributed by atoms with van der Waals surface area (Å²) in [6, 6.07) is 3.15. The summed E-state index contributed by atoms with van der Waals surface area (Å²) in [6.07, 6.45) is 0. The number of ether oxygens (including phenoxy) is 1. The third kappa shape index (κ3) is 3.15. The number of hydrogen-bond acceptors (Lipinski definition) is 7. The third-order valence-electron chi connectivity index (χ3n) is 3.25. The van der Waals surface area contributed by atoms with Crippen LogP contribution >= 0.6 is 22.9 Å². The molecule has 0 amide bonds. The molecular formula is C15H13ClN4O3S. The molecule has 0 saturated heterocycles. The predicted molar refractivity (Wildman–Crippen MR) is 89.7 cm³/mol. The third-order valence-corrected chi connectivity index (χ3v) is 4.40. The van der Waals surface area contributed by atoms with Crippen LogP contribution in [0.4, 0.5) is 0 Å². The van der Waals surface area contributed by atoms with E-state index < -0.39 is 5.97 Å². The first kappa shape index (κ1) is 16.5. The van der Waals surface area contributed by atoms with E-state index in [9.17, 15) is 9.59 Å². The molecule has 3 rings (SSSR count). The molecule has 0 atom stereocenters. The van der Waals surface area contributed by atoms with Crippen molar-refractivity contribution in [2.24, 2.45) is 0 Å². The van der Waals surface area contributed by atoms with Crippen molar-refractivity contribution in [2.45, 2.75) is 27.4 Å². The standard InChI is InChI=1S/C15H13ClN4O3S/c1-7-4-8(2)17-13(16)12(7)14(22)23-6-10-19-20-11(21)5-9(3)18-15(20)24-10/h4-5H,6H2,1-3H3. The molecule has 0 aliphatic rings. The summed E-state index contributed by atoms with van der Waals surface area (Å²) in [4.78, 5) is 32.8. The number of fused-ring (bicyclic) bond motifs is 1. The second-order valence-electron chi connectivity index (χ2n) is 5.25. The van der Waals surface area contributed by atoms with Crippen LogP contribution in [0.1, 0.15) is 32.3 Å². The highest BCUT2D eigenvalue weighted by molar-refractivity contribution is 7.16. The molecule has 0 saturated carbocycles. The van der Waals surface area contributed by atoms with E-state index in [1.165, 1.54) is 21.9 Å². The number of aryl methyl sites for hydroxylation is 3.